The molecule has 0 radical (unpaired) electrons. The Bertz CT molecular complexity index is 651. The lowest BCUT2D eigenvalue weighted by molar-refractivity contribution is -0.384. The van der Waals surface area contributed by atoms with E-state index in [1.54, 1.807) is 19.1 Å². The molecule has 0 aliphatic heterocycles. The van der Waals surface area contributed by atoms with Crippen LogP contribution in [0.2, 0.25) is 0 Å². The molecule has 0 unspecified atom stereocenters. The Labute approximate surface area is 131 Å². The topological polar surface area (TPSA) is 92.5 Å². The van der Waals surface area contributed by atoms with Crippen molar-refractivity contribution in [3.63, 3.8) is 0 Å². The molecule has 0 saturated carbocycles. The molecule has 2 N–H and O–H groups in total. The van der Waals surface area contributed by atoms with Crippen molar-refractivity contribution in [2.45, 2.75) is 18.9 Å². The van der Waals surface area contributed by atoms with Crippen molar-refractivity contribution in [2.75, 3.05) is 6.54 Å². The third-order valence-corrected chi connectivity index (χ3v) is 3.97. The maximum Gasteiger partial charge on any atom is 0.269 e. The second-order valence-electron chi connectivity index (χ2n) is 5.16. The van der Waals surface area contributed by atoms with Crippen LogP contribution in [0.3, 0.4) is 0 Å². The van der Waals surface area contributed by atoms with Crippen molar-refractivity contribution in [2.24, 2.45) is 0 Å². The number of nitro groups is 1. The highest BCUT2D eigenvalue weighted by atomic mass is 32.1. The van der Waals surface area contributed by atoms with Crippen LogP contribution < -0.4 is 5.32 Å². The normalized spacial score (nSPS) is 13.4. The quantitative estimate of drug-likeness (QED) is 0.630. The van der Waals surface area contributed by atoms with Crippen molar-refractivity contribution < 1.29 is 14.8 Å². The molecular weight excluding hydrogens is 304 g/mol. The molecule has 22 heavy (non-hydrogen) atoms. The zero-order chi connectivity index (χ0) is 16.2. The molecule has 1 heterocycles. The van der Waals surface area contributed by atoms with E-state index in [9.17, 15) is 20.0 Å². The summed E-state index contributed by atoms with van der Waals surface area (Å²) < 4.78 is 0. The van der Waals surface area contributed by atoms with Crippen LogP contribution in [0.15, 0.2) is 41.1 Å². The van der Waals surface area contributed by atoms with Crippen molar-refractivity contribution in [3.05, 3.63) is 62.3 Å². The number of amides is 1. The van der Waals surface area contributed by atoms with Gasteiger partial charge in [0.25, 0.3) is 5.69 Å². The summed E-state index contributed by atoms with van der Waals surface area (Å²) in [6, 6.07) is 7.64. The highest BCUT2D eigenvalue weighted by Crippen LogP contribution is 2.22. The first-order chi connectivity index (χ1) is 10.4. The number of nitrogens with zero attached hydrogens (tertiary/aromatic N) is 1. The lowest BCUT2D eigenvalue weighted by atomic mass is 9.99. The predicted molar refractivity (Wildman–Crippen MR) is 83.7 cm³/mol. The summed E-state index contributed by atoms with van der Waals surface area (Å²) in [6.45, 7) is 1.75. The average Bonchev–Trinajstić information content (AvgIpc) is 3.01. The van der Waals surface area contributed by atoms with Gasteiger partial charge in [-0.3, -0.25) is 14.9 Å². The summed E-state index contributed by atoms with van der Waals surface area (Å²) in [5.41, 5.74) is 0.307. The van der Waals surface area contributed by atoms with E-state index < -0.39 is 10.5 Å². The molecule has 0 saturated heterocycles. The number of aliphatic hydroxyl groups is 1. The van der Waals surface area contributed by atoms with Gasteiger partial charge in [0, 0.05) is 12.1 Å². The molecule has 7 heteroatoms. The summed E-state index contributed by atoms with van der Waals surface area (Å²) in [7, 11) is 0. The fourth-order valence-corrected chi connectivity index (χ4v) is 2.71. The minimum Gasteiger partial charge on any atom is -0.384 e. The highest BCUT2D eigenvalue weighted by Gasteiger charge is 2.24. The summed E-state index contributed by atoms with van der Waals surface area (Å²) in [5, 5.41) is 27.2. The van der Waals surface area contributed by atoms with Gasteiger partial charge in [-0.25, -0.2) is 0 Å². The molecule has 2 aromatic rings. The van der Waals surface area contributed by atoms with Gasteiger partial charge in [0.15, 0.2) is 0 Å². The summed E-state index contributed by atoms with van der Waals surface area (Å²) in [6.07, 6.45) is 0.109. The van der Waals surface area contributed by atoms with Crippen LogP contribution in [-0.2, 0) is 16.8 Å². The van der Waals surface area contributed by atoms with Crippen molar-refractivity contribution >= 4 is 22.9 Å². The molecule has 2 rings (SSSR count). The highest BCUT2D eigenvalue weighted by molar-refractivity contribution is 7.08. The number of nitrogens with one attached hydrogen (secondary N) is 1. The van der Waals surface area contributed by atoms with Crippen molar-refractivity contribution in [1.29, 1.82) is 0 Å². The van der Waals surface area contributed by atoms with Crippen molar-refractivity contribution in [1.82, 2.24) is 5.32 Å². The lowest BCUT2D eigenvalue weighted by Crippen LogP contribution is -2.39. The molecule has 0 spiro atoms. The Balaban J connectivity index is 1.89. The van der Waals surface area contributed by atoms with Gasteiger partial charge >= 0.3 is 0 Å². The number of non-ortho nitro benzene ring substituents is 1. The minimum atomic E-state index is -1.12. The summed E-state index contributed by atoms with van der Waals surface area (Å²) in [5.74, 6) is -0.246. The van der Waals surface area contributed by atoms with Gasteiger partial charge in [0.1, 0.15) is 5.60 Å². The van der Waals surface area contributed by atoms with Crippen LogP contribution in [0.1, 0.15) is 18.1 Å². The van der Waals surface area contributed by atoms with Gasteiger partial charge in [0.2, 0.25) is 5.91 Å². The van der Waals surface area contributed by atoms with E-state index >= 15 is 0 Å². The van der Waals surface area contributed by atoms with E-state index in [4.69, 9.17) is 0 Å². The number of nitro benzene ring substituents is 1. The maximum atomic E-state index is 11.9. The summed E-state index contributed by atoms with van der Waals surface area (Å²) >= 11 is 1.48. The van der Waals surface area contributed by atoms with Crippen LogP contribution in [0.4, 0.5) is 5.69 Å². The van der Waals surface area contributed by atoms with Gasteiger partial charge in [-0.1, -0.05) is 12.1 Å². The lowest BCUT2D eigenvalue weighted by Gasteiger charge is -2.22. The number of hydrogen-bond donors (Lipinski definition) is 2. The molecule has 6 nitrogen and oxygen atoms in total. The van der Waals surface area contributed by atoms with Gasteiger partial charge in [-0.15, -0.1) is 0 Å². The van der Waals surface area contributed by atoms with Crippen LogP contribution in [0.25, 0.3) is 0 Å². The number of carbonyl (C=O) groups is 1. The molecule has 1 amide bonds. The SMILES string of the molecule is C[C@](O)(CNC(=O)Cc1ccc([N+](=O)[O-])cc1)c1ccsc1. The Morgan fingerprint density at radius 1 is 1.36 bits per heavy atom. The zero-order valence-corrected chi connectivity index (χ0v) is 12.8. The average molecular weight is 320 g/mol. The third-order valence-electron chi connectivity index (χ3n) is 3.28. The molecule has 0 fully saturated rings. The Morgan fingerprint density at radius 3 is 2.59 bits per heavy atom. The van der Waals surface area contributed by atoms with E-state index in [-0.39, 0.29) is 24.6 Å². The predicted octanol–water partition coefficient (Wildman–Crippen LogP) is 2.22. The van der Waals surface area contributed by atoms with Crippen LogP contribution >= 0.6 is 11.3 Å². The molecule has 116 valence electrons. The smallest absolute Gasteiger partial charge is 0.269 e. The molecule has 1 atom stereocenters. The first-order valence-corrected chi connectivity index (χ1v) is 7.58. The van der Waals surface area contributed by atoms with E-state index in [1.165, 1.54) is 23.5 Å². The van der Waals surface area contributed by atoms with Crippen LogP contribution in [0.5, 0.6) is 0 Å². The molecule has 0 aliphatic rings. The van der Waals surface area contributed by atoms with Gasteiger partial charge < -0.3 is 10.4 Å². The minimum absolute atomic E-state index is 0.00968. The fourth-order valence-electron chi connectivity index (χ4n) is 1.93. The monoisotopic (exact) mass is 320 g/mol. The number of rotatable bonds is 6. The summed E-state index contributed by atoms with van der Waals surface area (Å²) in [4.78, 5) is 22.0. The molecule has 0 bridgehead atoms. The Morgan fingerprint density at radius 2 is 2.05 bits per heavy atom. The second-order valence-corrected chi connectivity index (χ2v) is 5.94. The number of benzene rings is 1. The van der Waals surface area contributed by atoms with E-state index in [2.05, 4.69) is 5.32 Å². The van der Waals surface area contributed by atoms with Crippen LogP contribution in [-0.4, -0.2) is 22.5 Å². The van der Waals surface area contributed by atoms with Crippen LogP contribution in [0, 0.1) is 10.1 Å². The van der Waals surface area contributed by atoms with Gasteiger partial charge in [0.05, 0.1) is 17.9 Å². The molecule has 1 aromatic carbocycles. The first-order valence-electron chi connectivity index (χ1n) is 6.63. The molecule has 1 aromatic heterocycles. The second kappa shape index (κ2) is 6.67. The Kier molecular flexibility index (Phi) is 4.89. The standard InChI is InChI=1S/C15H16N2O4S/c1-15(19,12-6-7-22-9-12)10-16-14(18)8-11-2-4-13(5-3-11)17(20)21/h2-7,9,19H,8,10H2,1H3,(H,16,18)/t15-/m0/s1. The number of hydrogen-bond acceptors (Lipinski definition) is 5. The van der Waals surface area contributed by atoms with Gasteiger partial charge in [-0.05, 0) is 34.9 Å². The van der Waals surface area contributed by atoms with E-state index in [0.717, 1.165) is 5.56 Å². The first kappa shape index (κ1) is 16.1. The van der Waals surface area contributed by atoms with Gasteiger partial charge in [-0.2, -0.15) is 11.3 Å². The maximum absolute atomic E-state index is 11.9. The molecule has 0 aliphatic carbocycles. The number of carbonyl (C=O) groups excluding carboxylic acids is 1. The largest absolute Gasteiger partial charge is 0.384 e. The van der Waals surface area contributed by atoms with Crippen molar-refractivity contribution in [3.8, 4) is 0 Å². The third kappa shape index (κ3) is 4.12. The van der Waals surface area contributed by atoms with E-state index in [0.29, 0.717) is 5.56 Å². The fraction of sp³-hybridized carbons (Fsp3) is 0.267. The number of thiophene rings is 1. The van der Waals surface area contributed by atoms with E-state index in [1.807, 2.05) is 16.8 Å². The zero-order valence-electron chi connectivity index (χ0n) is 12.0. The Hall–Kier alpha value is -2.25. The molecular formula is C15H16N2O4S.